The number of urea groups is 1. The molecule has 2 heterocycles. The average molecular weight is 341 g/mol. The lowest BCUT2D eigenvalue weighted by Crippen LogP contribution is -2.40. The highest BCUT2D eigenvalue weighted by Crippen LogP contribution is 2.26. The topological polar surface area (TPSA) is 87.3 Å². The van der Waals surface area contributed by atoms with Gasteiger partial charge in [-0.1, -0.05) is 12.1 Å². The highest BCUT2D eigenvalue weighted by molar-refractivity contribution is 7.08. The monoisotopic (exact) mass is 341 g/mol. The lowest BCUT2D eigenvalue weighted by molar-refractivity contribution is -0.123. The van der Waals surface area contributed by atoms with Crippen molar-refractivity contribution >= 4 is 40.9 Å². The highest BCUT2D eigenvalue weighted by atomic mass is 32.1. The molecule has 1 aliphatic rings. The summed E-state index contributed by atoms with van der Waals surface area (Å²) in [6.07, 6.45) is 3.17. The molecule has 1 aliphatic heterocycles. The van der Waals surface area contributed by atoms with Crippen LogP contribution < -0.4 is 16.0 Å². The molecule has 1 atom stereocenters. The number of hydrogen-bond acceptors (Lipinski definition) is 4. The number of carbonyl (C=O) groups excluding carboxylic acids is 3. The summed E-state index contributed by atoms with van der Waals surface area (Å²) in [5.41, 5.74) is 0.944. The van der Waals surface area contributed by atoms with Gasteiger partial charge in [0.05, 0.1) is 0 Å². The van der Waals surface area contributed by atoms with Crippen molar-refractivity contribution in [2.24, 2.45) is 0 Å². The number of carbonyl (C=O) groups is 3. The van der Waals surface area contributed by atoms with Crippen molar-refractivity contribution in [3.05, 3.63) is 58.3 Å². The Kier molecular flexibility index (Phi) is 4.18. The molecule has 0 spiro atoms. The van der Waals surface area contributed by atoms with Crippen LogP contribution in [0, 0.1) is 0 Å². The zero-order valence-electron chi connectivity index (χ0n) is 12.8. The summed E-state index contributed by atoms with van der Waals surface area (Å²) >= 11 is 1.56. The van der Waals surface area contributed by atoms with Crippen molar-refractivity contribution in [3.63, 3.8) is 0 Å². The van der Waals surface area contributed by atoms with E-state index < -0.39 is 17.5 Å². The first-order valence-corrected chi connectivity index (χ1v) is 8.17. The van der Waals surface area contributed by atoms with Crippen molar-refractivity contribution in [2.45, 2.75) is 12.5 Å². The Morgan fingerprint density at radius 2 is 2.12 bits per heavy atom. The molecule has 3 rings (SSSR count). The van der Waals surface area contributed by atoms with Crippen LogP contribution in [0.5, 0.6) is 0 Å². The van der Waals surface area contributed by atoms with Gasteiger partial charge in [-0.2, -0.15) is 11.3 Å². The number of thiophene rings is 1. The van der Waals surface area contributed by atoms with E-state index in [1.54, 1.807) is 48.6 Å². The molecule has 0 radical (unpaired) electrons. The van der Waals surface area contributed by atoms with Crippen molar-refractivity contribution in [1.82, 2.24) is 10.6 Å². The second-order valence-electron chi connectivity index (χ2n) is 5.49. The van der Waals surface area contributed by atoms with Gasteiger partial charge in [-0.3, -0.25) is 14.9 Å². The van der Waals surface area contributed by atoms with Gasteiger partial charge in [-0.15, -0.1) is 0 Å². The van der Waals surface area contributed by atoms with Crippen LogP contribution in [0.15, 0.2) is 47.2 Å². The number of amides is 4. The smallest absolute Gasteiger partial charge is 0.322 e. The standard InChI is InChI=1S/C17H15N3O3S/c1-17(15(22)19-16(23)20-17)12-3-2-4-13(9-12)18-14(21)6-5-11-7-8-24-10-11/h2-10H,1H3,(H,18,21)(H2,19,20,22,23)/b6-5+. The summed E-state index contributed by atoms with van der Waals surface area (Å²) in [7, 11) is 0. The van der Waals surface area contributed by atoms with E-state index in [1.807, 2.05) is 16.8 Å². The van der Waals surface area contributed by atoms with E-state index in [-0.39, 0.29) is 5.91 Å². The molecular formula is C17H15N3O3S. The van der Waals surface area contributed by atoms with Crippen molar-refractivity contribution in [3.8, 4) is 0 Å². The molecule has 0 bridgehead atoms. The summed E-state index contributed by atoms with van der Waals surface area (Å²) in [6.45, 7) is 1.62. The minimum atomic E-state index is -1.15. The minimum Gasteiger partial charge on any atom is -0.323 e. The van der Waals surface area contributed by atoms with Crippen LogP contribution >= 0.6 is 11.3 Å². The quantitative estimate of drug-likeness (QED) is 0.590. The first kappa shape index (κ1) is 15.9. The zero-order valence-corrected chi connectivity index (χ0v) is 13.6. The molecule has 1 aromatic carbocycles. The molecular weight excluding hydrogens is 326 g/mol. The fourth-order valence-electron chi connectivity index (χ4n) is 2.38. The Labute approximate surface area is 142 Å². The van der Waals surface area contributed by atoms with E-state index in [1.165, 1.54) is 6.08 Å². The molecule has 4 amide bonds. The molecule has 0 aliphatic carbocycles. The predicted octanol–water partition coefficient (Wildman–Crippen LogP) is 2.45. The number of nitrogens with one attached hydrogen (secondary N) is 3. The molecule has 7 heteroatoms. The molecule has 1 unspecified atom stereocenters. The SMILES string of the molecule is CC1(c2cccc(NC(=O)/C=C/c3ccsc3)c2)NC(=O)NC1=O. The first-order valence-electron chi connectivity index (χ1n) is 7.23. The van der Waals surface area contributed by atoms with Crippen LogP contribution in [0.3, 0.4) is 0 Å². The summed E-state index contributed by atoms with van der Waals surface area (Å²) in [6, 6.07) is 8.21. The van der Waals surface area contributed by atoms with Gasteiger partial charge >= 0.3 is 6.03 Å². The largest absolute Gasteiger partial charge is 0.323 e. The Balaban J connectivity index is 1.75. The molecule has 3 N–H and O–H groups in total. The molecule has 0 saturated carbocycles. The van der Waals surface area contributed by atoms with Gasteiger partial charge in [-0.25, -0.2) is 4.79 Å². The summed E-state index contributed by atoms with van der Waals surface area (Å²) < 4.78 is 0. The third-order valence-electron chi connectivity index (χ3n) is 3.72. The Morgan fingerprint density at radius 1 is 1.29 bits per heavy atom. The van der Waals surface area contributed by atoms with E-state index in [9.17, 15) is 14.4 Å². The number of imide groups is 1. The van der Waals surface area contributed by atoms with Crippen LogP contribution in [0.25, 0.3) is 6.08 Å². The van der Waals surface area contributed by atoms with E-state index in [4.69, 9.17) is 0 Å². The van der Waals surface area contributed by atoms with Crippen molar-refractivity contribution < 1.29 is 14.4 Å². The van der Waals surface area contributed by atoms with Crippen LogP contribution in [-0.4, -0.2) is 17.8 Å². The molecule has 122 valence electrons. The zero-order chi connectivity index (χ0) is 17.2. The van der Waals surface area contributed by atoms with E-state index >= 15 is 0 Å². The van der Waals surface area contributed by atoms with Gasteiger partial charge in [0.15, 0.2) is 0 Å². The van der Waals surface area contributed by atoms with E-state index in [0.717, 1.165) is 5.56 Å². The maximum absolute atomic E-state index is 12.0. The summed E-state index contributed by atoms with van der Waals surface area (Å²) in [4.78, 5) is 35.4. The molecule has 24 heavy (non-hydrogen) atoms. The lowest BCUT2D eigenvalue weighted by Gasteiger charge is -2.21. The number of hydrogen-bond donors (Lipinski definition) is 3. The van der Waals surface area contributed by atoms with Crippen molar-refractivity contribution in [2.75, 3.05) is 5.32 Å². The lowest BCUT2D eigenvalue weighted by atomic mass is 9.92. The van der Waals surface area contributed by atoms with Gasteiger partial charge in [0.2, 0.25) is 5.91 Å². The maximum atomic E-state index is 12.0. The van der Waals surface area contributed by atoms with Crippen LogP contribution in [0.1, 0.15) is 18.1 Å². The van der Waals surface area contributed by atoms with E-state index in [2.05, 4.69) is 16.0 Å². The fourth-order valence-corrected chi connectivity index (χ4v) is 3.01. The van der Waals surface area contributed by atoms with Gasteiger partial charge in [-0.05, 0) is 53.1 Å². The van der Waals surface area contributed by atoms with Gasteiger partial charge in [0, 0.05) is 11.8 Å². The Hall–Kier alpha value is -2.93. The van der Waals surface area contributed by atoms with Gasteiger partial charge in [0.25, 0.3) is 5.91 Å². The second-order valence-corrected chi connectivity index (χ2v) is 6.27. The molecule has 2 aromatic rings. The fraction of sp³-hybridized carbons (Fsp3) is 0.118. The third kappa shape index (κ3) is 3.21. The van der Waals surface area contributed by atoms with Crippen molar-refractivity contribution in [1.29, 1.82) is 0 Å². The van der Waals surface area contributed by atoms with Crippen LogP contribution in [0.2, 0.25) is 0 Å². The average Bonchev–Trinajstić information content (AvgIpc) is 3.14. The minimum absolute atomic E-state index is 0.275. The maximum Gasteiger partial charge on any atom is 0.322 e. The molecule has 1 aromatic heterocycles. The predicted molar refractivity (Wildman–Crippen MR) is 92.5 cm³/mol. The molecule has 6 nitrogen and oxygen atoms in total. The summed E-state index contributed by atoms with van der Waals surface area (Å²) in [5.74, 6) is -0.697. The number of rotatable bonds is 4. The number of benzene rings is 1. The van der Waals surface area contributed by atoms with Crippen LogP contribution in [0.4, 0.5) is 10.5 Å². The Morgan fingerprint density at radius 3 is 2.79 bits per heavy atom. The van der Waals surface area contributed by atoms with E-state index in [0.29, 0.717) is 11.3 Å². The molecule has 1 fully saturated rings. The van der Waals surface area contributed by atoms with Crippen LogP contribution in [-0.2, 0) is 15.1 Å². The normalized spacial score (nSPS) is 20.0. The third-order valence-corrected chi connectivity index (χ3v) is 4.42. The second kappa shape index (κ2) is 6.29. The Bertz CT molecular complexity index is 829. The van der Waals surface area contributed by atoms with Gasteiger partial charge < -0.3 is 10.6 Å². The van der Waals surface area contributed by atoms with Gasteiger partial charge in [0.1, 0.15) is 5.54 Å². The first-order chi connectivity index (χ1) is 11.5. The summed E-state index contributed by atoms with van der Waals surface area (Å²) in [5, 5.41) is 11.4. The molecule has 1 saturated heterocycles. The number of anilines is 1. The highest BCUT2D eigenvalue weighted by Gasteiger charge is 2.43.